The highest BCUT2D eigenvalue weighted by molar-refractivity contribution is 9.09. The second-order valence-corrected chi connectivity index (χ2v) is 10.2. The van der Waals surface area contributed by atoms with Gasteiger partial charge in [-0.15, -0.1) is 0 Å². The largest absolute Gasteiger partial charge is 0.466 e. The van der Waals surface area contributed by atoms with Crippen molar-refractivity contribution in [1.82, 2.24) is 5.32 Å². The third-order valence-electron chi connectivity index (χ3n) is 6.10. The van der Waals surface area contributed by atoms with Crippen LogP contribution in [0.15, 0.2) is 0 Å². The number of carbonyl (C=O) groups excluding carboxylic acids is 2. The zero-order valence-electron chi connectivity index (χ0n) is 22.2. The van der Waals surface area contributed by atoms with Crippen molar-refractivity contribution in [2.24, 2.45) is 0 Å². The van der Waals surface area contributed by atoms with E-state index in [-0.39, 0.29) is 18.7 Å². The highest BCUT2D eigenvalue weighted by Crippen LogP contribution is 2.13. The third kappa shape index (κ3) is 27.5. The molecule has 0 rings (SSSR count). The van der Waals surface area contributed by atoms with Crippen LogP contribution < -0.4 is 5.32 Å². The van der Waals surface area contributed by atoms with Gasteiger partial charge >= 0.3 is 12.1 Å². The number of carbonyl (C=O) groups is 2. The number of esters is 1. The minimum absolute atomic E-state index is 0.164. The lowest BCUT2D eigenvalue weighted by Crippen LogP contribution is -2.26. The summed E-state index contributed by atoms with van der Waals surface area (Å²) in [5.74, 6) is -0.164. The maximum atomic E-state index is 11.7. The van der Waals surface area contributed by atoms with Crippen LogP contribution in [0, 0.1) is 0 Å². The van der Waals surface area contributed by atoms with Crippen molar-refractivity contribution in [2.45, 2.75) is 142 Å². The zero-order chi connectivity index (χ0) is 25.0. The summed E-state index contributed by atoms with van der Waals surface area (Å²) in [4.78, 5) is 23.2. The highest BCUT2D eigenvalue weighted by Gasteiger charge is 2.04. The molecule has 0 aliphatic rings. The Balaban J connectivity index is 3.21. The summed E-state index contributed by atoms with van der Waals surface area (Å²) in [6, 6.07) is 0. The minimum Gasteiger partial charge on any atom is -0.466 e. The second kappa shape index (κ2) is 28.5. The summed E-state index contributed by atoms with van der Waals surface area (Å²) in [5.41, 5.74) is 0. The standard InChI is InChI=1S/C28H54BrNO4/c1-2-3-4-5-6-7-8-9-10-11-12-13-14-15-16-20-24-30-28(32)34-26-21-25-33-27(31)22-18-17-19-23-29/h2-26H2,1H3,(H,30,32). The van der Waals surface area contributed by atoms with E-state index in [0.29, 0.717) is 26.0 Å². The summed E-state index contributed by atoms with van der Waals surface area (Å²) < 4.78 is 10.3. The summed E-state index contributed by atoms with van der Waals surface area (Å²) >= 11 is 3.37. The fraction of sp³-hybridized carbons (Fsp3) is 0.929. The summed E-state index contributed by atoms with van der Waals surface area (Å²) in [6.07, 6.45) is 25.1. The van der Waals surface area contributed by atoms with Crippen LogP contribution in [0.5, 0.6) is 0 Å². The van der Waals surface area contributed by atoms with E-state index in [1.807, 2.05) is 0 Å². The Morgan fingerprint density at radius 2 is 1.06 bits per heavy atom. The number of nitrogens with one attached hydrogen (secondary N) is 1. The maximum Gasteiger partial charge on any atom is 0.407 e. The molecule has 0 fully saturated rings. The van der Waals surface area contributed by atoms with Gasteiger partial charge in [-0.25, -0.2) is 4.79 Å². The Bertz CT molecular complexity index is 448. The predicted octanol–water partition coefficient (Wildman–Crippen LogP) is 8.86. The van der Waals surface area contributed by atoms with E-state index in [1.54, 1.807) is 0 Å². The van der Waals surface area contributed by atoms with Crippen molar-refractivity contribution in [3.8, 4) is 0 Å². The van der Waals surface area contributed by atoms with Crippen molar-refractivity contribution >= 4 is 28.0 Å². The zero-order valence-corrected chi connectivity index (χ0v) is 23.8. The molecule has 0 radical (unpaired) electrons. The molecule has 0 aliphatic carbocycles. The van der Waals surface area contributed by atoms with Crippen LogP contribution in [0.2, 0.25) is 0 Å². The summed E-state index contributed by atoms with van der Waals surface area (Å²) in [6.45, 7) is 3.53. The topological polar surface area (TPSA) is 64.6 Å². The van der Waals surface area contributed by atoms with Gasteiger partial charge in [0.25, 0.3) is 0 Å². The number of alkyl carbamates (subject to hydrolysis) is 1. The van der Waals surface area contributed by atoms with Crippen LogP contribution in [0.1, 0.15) is 142 Å². The van der Waals surface area contributed by atoms with Gasteiger partial charge in [0.15, 0.2) is 0 Å². The molecule has 202 valence electrons. The summed E-state index contributed by atoms with van der Waals surface area (Å²) in [7, 11) is 0. The van der Waals surface area contributed by atoms with E-state index in [0.717, 1.165) is 37.4 Å². The van der Waals surface area contributed by atoms with E-state index >= 15 is 0 Å². The van der Waals surface area contributed by atoms with E-state index < -0.39 is 0 Å². The molecule has 1 amide bonds. The first kappa shape index (κ1) is 33.2. The van der Waals surface area contributed by atoms with Gasteiger partial charge in [0, 0.05) is 24.7 Å². The lowest BCUT2D eigenvalue weighted by Gasteiger charge is -2.08. The molecule has 6 heteroatoms. The first-order valence-corrected chi connectivity index (χ1v) is 15.4. The molecule has 34 heavy (non-hydrogen) atoms. The SMILES string of the molecule is CCCCCCCCCCCCCCCCCCNC(=O)OCCCOC(=O)CCCCCBr. The molecule has 0 spiro atoms. The first-order chi connectivity index (χ1) is 16.7. The van der Waals surface area contributed by atoms with Crippen LogP contribution in [0.3, 0.4) is 0 Å². The Morgan fingerprint density at radius 3 is 1.59 bits per heavy atom. The smallest absolute Gasteiger partial charge is 0.407 e. The van der Waals surface area contributed by atoms with Gasteiger partial charge < -0.3 is 14.8 Å². The fourth-order valence-electron chi connectivity index (χ4n) is 3.94. The molecule has 0 saturated heterocycles. The second-order valence-electron chi connectivity index (χ2n) is 9.44. The van der Waals surface area contributed by atoms with Crippen LogP contribution in [-0.4, -0.2) is 37.2 Å². The fourth-order valence-corrected chi connectivity index (χ4v) is 4.33. The maximum absolute atomic E-state index is 11.7. The molecule has 1 N–H and O–H groups in total. The normalized spacial score (nSPS) is 10.9. The third-order valence-corrected chi connectivity index (χ3v) is 6.66. The molecule has 0 bridgehead atoms. The van der Waals surface area contributed by atoms with Crippen LogP contribution >= 0.6 is 15.9 Å². The van der Waals surface area contributed by atoms with Crippen LogP contribution in [0.25, 0.3) is 0 Å². The monoisotopic (exact) mass is 547 g/mol. The molecule has 0 heterocycles. The molecule has 0 aliphatic heterocycles. The average molecular weight is 549 g/mol. The first-order valence-electron chi connectivity index (χ1n) is 14.3. The van der Waals surface area contributed by atoms with Gasteiger partial charge in [-0.1, -0.05) is 126 Å². The molecule has 0 atom stereocenters. The highest BCUT2D eigenvalue weighted by atomic mass is 79.9. The Kier molecular flexibility index (Phi) is 27.8. The van der Waals surface area contributed by atoms with Crippen molar-refractivity contribution in [3.05, 3.63) is 0 Å². The van der Waals surface area contributed by atoms with Gasteiger partial charge in [0.1, 0.15) is 0 Å². The van der Waals surface area contributed by atoms with Crippen LogP contribution in [-0.2, 0) is 14.3 Å². The van der Waals surface area contributed by atoms with E-state index in [2.05, 4.69) is 28.2 Å². The molecule has 0 saturated carbocycles. The predicted molar refractivity (Wildman–Crippen MR) is 147 cm³/mol. The number of unbranched alkanes of at least 4 members (excludes halogenated alkanes) is 17. The Morgan fingerprint density at radius 1 is 0.588 bits per heavy atom. The molecule has 0 aromatic carbocycles. The number of rotatable bonds is 26. The number of hydrogen-bond donors (Lipinski definition) is 1. The van der Waals surface area contributed by atoms with Gasteiger partial charge in [0.05, 0.1) is 13.2 Å². The van der Waals surface area contributed by atoms with E-state index in [4.69, 9.17) is 9.47 Å². The number of hydrogen-bond acceptors (Lipinski definition) is 4. The van der Waals surface area contributed by atoms with Crippen molar-refractivity contribution in [3.63, 3.8) is 0 Å². The Hall–Kier alpha value is -0.780. The van der Waals surface area contributed by atoms with Gasteiger partial charge in [-0.05, 0) is 19.3 Å². The number of amides is 1. The quantitative estimate of drug-likeness (QED) is 0.0666. The molecular formula is C28H54BrNO4. The molecule has 0 aromatic heterocycles. The van der Waals surface area contributed by atoms with Gasteiger partial charge in [-0.3, -0.25) is 4.79 Å². The number of halogens is 1. The van der Waals surface area contributed by atoms with Crippen LogP contribution in [0.4, 0.5) is 4.79 Å². The number of ether oxygens (including phenoxy) is 2. The summed E-state index contributed by atoms with van der Waals surface area (Å²) in [5, 5.41) is 3.77. The molecule has 0 unspecified atom stereocenters. The molecule has 5 nitrogen and oxygen atoms in total. The molecular weight excluding hydrogens is 494 g/mol. The Labute approximate surface area is 219 Å². The van der Waals surface area contributed by atoms with Crippen molar-refractivity contribution < 1.29 is 19.1 Å². The average Bonchev–Trinajstić information content (AvgIpc) is 2.83. The van der Waals surface area contributed by atoms with Crippen molar-refractivity contribution in [1.29, 1.82) is 0 Å². The minimum atomic E-state index is -0.373. The number of alkyl halides is 1. The lowest BCUT2D eigenvalue weighted by atomic mass is 10.0. The van der Waals surface area contributed by atoms with E-state index in [1.165, 1.54) is 89.9 Å². The van der Waals surface area contributed by atoms with Gasteiger partial charge in [-0.2, -0.15) is 0 Å². The van der Waals surface area contributed by atoms with Gasteiger partial charge in [0.2, 0.25) is 0 Å². The van der Waals surface area contributed by atoms with Crippen molar-refractivity contribution in [2.75, 3.05) is 25.1 Å². The molecule has 0 aromatic rings. The van der Waals surface area contributed by atoms with E-state index in [9.17, 15) is 9.59 Å². The lowest BCUT2D eigenvalue weighted by molar-refractivity contribution is -0.144.